The van der Waals surface area contributed by atoms with Gasteiger partial charge < -0.3 is 15.4 Å². The Morgan fingerprint density at radius 2 is 1.83 bits per heavy atom. The van der Waals surface area contributed by atoms with E-state index in [1.165, 1.54) is 23.5 Å². The van der Waals surface area contributed by atoms with Gasteiger partial charge in [0.25, 0.3) is 5.91 Å². The molecular weight excluding hydrogens is 328 g/mol. The molecule has 0 radical (unpaired) electrons. The summed E-state index contributed by atoms with van der Waals surface area (Å²) in [7, 11) is -1.60. The van der Waals surface area contributed by atoms with Gasteiger partial charge in [0.1, 0.15) is 5.82 Å². The van der Waals surface area contributed by atoms with Crippen molar-refractivity contribution < 1.29 is 19.2 Å². The zero-order valence-electron chi connectivity index (χ0n) is 12.4. The number of amides is 1. The minimum atomic E-state index is -1.60. The fraction of sp³-hybridized carbons (Fsp3) is 0. The molecule has 0 fully saturated rings. The Morgan fingerprint density at radius 1 is 1.04 bits per heavy atom. The van der Waals surface area contributed by atoms with Gasteiger partial charge in [-0.1, -0.05) is 30.3 Å². The lowest BCUT2D eigenvalue weighted by atomic mass is 9.80. The van der Waals surface area contributed by atoms with Gasteiger partial charge in [0.2, 0.25) is 0 Å². The molecule has 4 nitrogen and oxygen atoms in total. The number of hydrogen-bond acceptors (Lipinski definition) is 4. The molecule has 0 bridgehead atoms. The first-order valence-electron chi connectivity index (χ1n) is 7.17. The predicted octanol–water partition coefficient (Wildman–Crippen LogP) is 2.49. The Labute approximate surface area is 142 Å². The normalized spacial score (nSPS) is 10.5. The third-order valence-corrected chi connectivity index (χ3v) is 4.53. The van der Waals surface area contributed by atoms with Gasteiger partial charge in [-0.05, 0) is 35.8 Å². The third kappa shape index (κ3) is 3.54. The molecular formula is C17H13BFNO3S. The highest BCUT2D eigenvalue weighted by atomic mass is 32.1. The second-order valence-corrected chi connectivity index (χ2v) is 6.18. The average molecular weight is 341 g/mol. The zero-order valence-corrected chi connectivity index (χ0v) is 13.3. The number of halogens is 1. The molecule has 3 rings (SSSR count). The molecule has 0 atom stereocenters. The summed E-state index contributed by atoms with van der Waals surface area (Å²) in [4.78, 5) is 13.4. The molecule has 1 aromatic heterocycles. The maximum absolute atomic E-state index is 13.8. The average Bonchev–Trinajstić information content (AvgIpc) is 3.05. The lowest BCUT2D eigenvalue weighted by Gasteiger charge is -2.06. The molecule has 0 unspecified atom stereocenters. The summed E-state index contributed by atoms with van der Waals surface area (Å²) in [6, 6.07) is 16.0. The Kier molecular flexibility index (Phi) is 4.75. The van der Waals surface area contributed by atoms with Crippen LogP contribution in [0.3, 0.4) is 0 Å². The van der Waals surface area contributed by atoms with Crippen LogP contribution in [0.1, 0.15) is 9.67 Å². The summed E-state index contributed by atoms with van der Waals surface area (Å²) in [6.45, 7) is 0. The van der Waals surface area contributed by atoms with Gasteiger partial charge in [0.05, 0.1) is 4.88 Å². The molecule has 2 aromatic carbocycles. The highest BCUT2D eigenvalue weighted by molar-refractivity contribution is 7.17. The highest BCUT2D eigenvalue weighted by Gasteiger charge is 2.14. The number of anilines is 1. The topological polar surface area (TPSA) is 69.6 Å². The second kappa shape index (κ2) is 6.96. The van der Waals surface area contributed by atoms with Crippen molar-refractivity contribution in [2.24, 2.45) is 0 Å². The van der Waals surface area contributed by atoms with Crippen molar-refractivity contribution in [1.29, 1.82) is 0 Å². The zero-order chi connectivity index (χ0) is 17.1. The molecule has 1 amide bonds. The summed E-state index contributed by atoms with van der Waals surface area (Å²) >= 11 is 1.19. The molecule has 0 saturated carbocycles. The van der Waals surface area contributed by atoms with E-state index in [4.69, 9.17) is 10.0 Å². The summed E-state index contributed by atoms with van der Waals surface area (Å²) in [5, 5.41) is 21.0. The van der Waals surface area contributed by atoms with Crippen molar-refractivity contribution in [2.75, 3.05) is 5.32 Å². The molecule has 24 heavy (non-hydrogen) atoms. The quantitative estimate of drug-likeness (QED) is 0.639. The van der Waals surface area contributed by atoms with Crippen LogP contribution in [0, 0.1) is 5.82 Å². The van der Waals surface area contributed by atoms with E-state index in [1.807, 2.05) is 0 Å². The minimum absolute atomic E-state index is 0.283. The first-order chi connectivity index (χ1) is 11.5. The van der Waals surface area contributed by atoms with Crippen LogP contribution in [-0.2, 0) is 0 Å². The van der Waals surface area contributed by atoms with E-state index in [2.05, 4.69) is 5.32 Å². The second-order valence-electron chi connectivity index (χ2n) is 5.10. The maximum Gasteiger partial charge on any atom is 0.488 e. The highest BCUT2D eigenvalue weighted by Crippen LogP contribution is 2.30. The van der Waals surface area contributed by atoms with Crippen molar-refractivity contribution in [2.45, 2.75) is 0 Å². The molecule has 3 N–H and O–H groups in total. The van der Waals surface area contributed by atoms with E-state index in [0.29, 0.717) is 21.0 Å². The molecule has 0 saturated heterocycles. The summed E-state index contributed by atoms with van der Waals surface area (Å²) in [5.41, 5.74) is 1.18. The van der Waals surface area contributed by atoms with Crippen LogP contribution in [0.15, 0.2) is 60.7 Å². The number of thiophene rings is 1. The minimum Gasteiger partial charge on any atom is -0.423 e. The third-order valence-electron chi connectivity index (χ3n) is 3.41. The summed E-state index contributed by atoms with van der Waals surface area (Å²) < 4.78 is 13.8. The van der Waals surface area contributed by atoms with Gasteiger partial charge in [-0.25, -0.2) is 4.39 Å². The number of carbonyl (C=O) groups is 1. The van der Waals surface area contributed by atoms with Gasteiger partial charge in [-0.15, -0.1) is 11.3 Å². The van der Waals surface area contributed by atoms with Crippen LogP contribution in [0.25, 0.3) is 10.4 Å². The Morgan fingerprint density at radius 3 is 2.58 bits per heavy atom. The standard InChI is InChI=1S/C17H13BFNO3S/c19-14-7-2-1-6-13(14)15-8-9-16(24-15)17(21)20-12-5-3-4-11(10-12)18(22)23/h1-10,22-23H,(H,20,21). The van der Waals surface area contributed by atoms with Crippen molar-refractivity contribution in [3.05, 3.63) is 71.4 Å². The van der Waals surface area contributed by atoms with Crippen LogP contribution in [0.4, 0.5) is 10.1 Å². The van der Waals surface area contributed by atoms with Crippen molar-refractivity contribution in [3.63, 3.8) is 0 Å². The van der Waals surface area contributed by atoms with Crippen LogP contribution in [-0.4, -0.2) is 23.1 Å². The van der Waals surface area contributed by atoms with Crippen molar-refractivity contribution in [1.82, 2.24) is 0 Å². The van der Waals surface area contributed by atoms with Gasteiger partial charge >= 0.3 is 7.12 Å². The lowest BCUT2D eigenvalue weighted by Crippen LogP contribution is -2.30. The van der Waals surface area contributed by atoms with E-state index in [1.54, 1.807) is 48.5 Å². The van der Waals surface area contributed by atoms with Gasteiger partial charge in [0, 0.05) is 16.1 Å². The van der Waals surface area contributed by atoms with Gasteiger partial charge in [0.15, 0.2) is 0 Å². The molecule has 3 aromatic rings. The largest absolute Gasteiger partial charge is 0.488 e. The van der Waals surface area contributed by atoms with Crippen molar-refractivity contribution >= 4 is 35.5 Å². The Bertz CT molecular complexity index is 882. The summed E-state index contributed by atoms with van der Waals surface area (Å²) in [5.74, 6) is -0.678. The van der Waals surface area contributed by atoms with Crippen LogP contribution in [0.5, 0.6) is 0 Å². The monoisotopic (exact) mass is 341 g/mol. The van der Waals surface area contributed by atoms with Crippen molar-refractivity contribution in [3.8, 4) is 10.4 Å². The summed E-state index contributed by atoms with van der Waals surface area (Å²) in [6.07, 6.45) is 0. The number of rotatable bonds is 4. The fourth-order valence-electron chi connectivity index (χ4n) is 2.24. The lowest BCUT2D eigenvalue weighted by molar-refractivity contribution is 0.103. The fourth-order valence-corrected chi connectivity index (χ4v) is 3.16. The predicted molar refractivity (Wildman–Crippen MR) is 93.9 cm³/mol. The maximum atomic E-state index is 13.8. The number of hydrogen-bond donors (Lipinski definition) is 3. The number of carbonyl (C=O) groups excluding carboxylic acids is 1. The van der Waals surface area contributed by atoms with E-state index in [0.717, 1.165) is 0 Å². The van der Waals surface area contributed by atoms with Gasteiger partial charge in [-0.2, -0.15) is 0 Å². The Balaban J connectivity index is 1.79. The molecule has 120 valence electrons. The molecule has 0 aliphatic rings. The first-order valence-corrected chi connectivity index (χ1v) is 7.98. The van der Waals surface area contributed by atoms with E-state index < -0.39 is 7.12 Å². The Hall–Kier alpha value is -2.48. The van der Waals surface area contributed by atoms with Gasteiger partial charge in [-0.3, -0.25) is 4.79 Å². The molecule has 7 heteroatoms. The number of nitrogens with one attached hydrogen (secondary N) is 1. The SMILES string of the molecule is O=C(Nc1cccc(B(O)O)c1)c1ccc(-c2ccccc2F)s1. The molecule has 1 heterocycles. The molecule has 0 spiro atoms. The van der Waals surface area contributed by atoms with Crippen LogP contribution < -0.4 is 10.8 Å². The smallest absolute Gasteiger partial charge is 0.423 e. The first kappa shape index (κ1) is 16.4. The van der Waals surface area contributed by atoms with E-state index in [-0.39, 0.29) is 17.2 Å². The molecule has 0 aliphatic heterocycles. The van der Waals surface area contributed by atoms with Crippen LogP contribution in [0.2, 0.25) is 0 Å². The molecule has 0 aliphatic carbocycles. The van der Waals surface area contributed by atoms with E-state index >= 15 is 0 Å². The van der Waals surface area contributed by atoms with E-state index in [9.17, 15) is 9.18 Å². The number of benzene rings is 2. The van der Waals surface area contributed by atoms with Crippen LogP contribution >= 0.6 is 11.3 Å².